The fraction of sp³-hybridized carbons (Fsp3) is 0.294. The van der Waals surface area contributed by atoms with E-state index in [2.05, 4.69) is 4.72 Å². The maximum atomic E-state index is 12.8. The predicted molar refractivity (Wildman–Crippen MR) is 94.1 cm³/mol. The fourth-order valence-corrected chi connectivity index (χ4v) is 3.94. The summed E-state index contributed by atoms with van der Waals surface area (Å²) in [6.07, 6.45) is 0.728. The molecule has 0 bridgehead atoms. The molecule has 0 aliphatic carbocycles. The Labute approximate surface area is 142 Å². The summed E-state index contributed by atoms with van der Waals surface area (Å²) in [4.78, 5) is 0.0286. The highest BCUT2D eigenvalue weighted by atomic mass is 35.5. The largest absolute Gasteiger partial charge is 0.495 e. The molecule has 0 spiro atoms. The number of para-hydroxylation sites is 1. The van der Waals surface area contributed by atoms with Crippen LogP contribution in [0.4, 0.5) is 5.69 Å². The van der Waals surface area contributed by atoms with Gasteiger partial charge in [0.2, 0.25) is 0 Å². The molecule has 0 fully saturated rings. The van der Waals surface area contributed by atoms with Gasteiger partial charge in [0.15, 0.2) is 0 Å². The monoisotopic (exact) mass is 353 g/mol. The van der Waals surface area contributed by atoms with Gasteiger partial charge in [0, 0.05) is 5.02 Å². The van der Waals surface area contributed by atoms with E-state index < -0.39 is 10.0 Å². The molecule has 0 unspecified atom stereocenters. The van der Waals surface area contributed by atoms with Gasteiger partial charge >= 0.3 is 0 Å². The number of rotatable bonds is 5. The molecule has 0 heterocycles. The lowest BCUT2D eigenvalue weighted by molar-refractivity contribution is 0.402. The summed E-state index contributed by atoms with van der Waals surface area (Å²) in [6.45, 7) is 5.65. The van der Waals surface area contributed by atoms with E-state index >= 15 is 0 Å². The van der Waals surface area contributed by atoms with Crippen molar-refractivity contribution in [2.75, 3.05) is 11.8 Å². The highest BCUT2D eigenvalue weighted by molar-refractivity contribution is 7.92. The Kier molecular flexibility index (Phi) is 5.22. The molecule has 4 nitrogen and oxygen atoms in total. The molecule has 6 heteroatoms. The summed E-state index contributed by atoms with van der Waals surface area (Å²) in [5, 5.41) is 0.381. The predicted octanol–water partition coefficient (Wildman–Crippen LogP) is 4.33. The Morgan fingerprint density at radius 1 is 1.17 bits per heavy atom. The number of nitrogens with one attached hydrogen (secondary N) is 1. The Bertz CT molecular complexity index is 832. The van der Waals surface area contributed by atoms with Gasteiger partial charge in [-0.15, -0.1) is 0 Å². The first-order chi connectivity index (χ1) is 10.8. The van der Waals surface area contributed by atoms with Crippen LogP contribution in [0, 0.1) is 13.8 Å². The highest BCUT2D eigenvalue weighted by Gasteiger charge is 2.22. The third-order valence-electron chi connectivity index (χ3n) is 3.71. The van der Waals surface area contributed by atoms with Gasteiger partial charge in [-0.3, -0.25) is 4.72 Å². The van der Waals surface area contributed by atoms with Crippen LogP contribution in [0.2, 0.25) is 5.02 Å². The number of halogens is 1. The van der Waals surface area contributed by atoms with Gasteiger partial charge < -0.3 is 4.74 Å². The second-order valence-corrected chi connectivity index (χ2v) is 7.38. The van der Waals surface area contributed by atoms with Gasteiger partial charge in [0.1, 0.15) is 10.6 Å². The van der Waals surface area contributed by atoms with Gasteiger partial charge in [-0.2, -0.15) is 0 Å². The molecule has 2 rings (SSSR count). The summed E-state index contributed by atoms with van der Waals surface area (Å²) in [7, 11) is -2.37. The van der Waals surface area contributed by atoms with Crippen molar-refractivity contribution in [3.8, 4) is 5.75 Å². The number of hydrogen-bond donors (Lipinski definition) is 1. The smallest absolute Gasteiger partial charge is 0.265 e. The van der Waals surface area contributed by atoms with Gasteiger partial charge in [0.05, 0.1) is 12.8 Å². The van der Waals surface area contributed by atoms with Crippen LogP contribution >= 0.6 is 11.6 Å². The van der Waals surface area contributed by atoms with Crippen LogP contribution in [0.3, 0.4) is 0 Å². The van der Waals surface area contributed by atoms with E-state index in [9.17, 15) is 8.42 Å². The molecule has 0 atom stereocenters. The zero-order valence-corrected chi connectivity index (χ0v) is 15.2. The number of methoxy groups -OCH3 is 1. The van der Waals surface area contributed by atoms with Crippen LogP contribution in [-0.2, 0) is 16.4 Å². The van der Waals surface area contributed by atoms with Crippen LogP contribution in [0.5, 0.6) is 5.75 Å². The molecule has 23 heavy (non-hydrogen) atoms. The van der Waals surface area contributed by atoms with Crippen molar-refractivity contribution >= 4 is 27.3 Å². The molecule has 124 valence electrons. The minimum Gasteiger partial charge on any atom is -0.495 e. The molecule has 0 aliphatic heterocycles. The third kappa shape index (κ3) is 3.62. The lowest BCUT2D eigenvalue weighted by Gasteiger charge is -2.16. The van der Waals surface area contributed by atoms with Gasteiger partial charge in [-0.1, -0.05) is 36.7 Å². The van der Waals surface area contributed by atoms with E-state index in [1.165, 1.54) is 13.2 Å². The van der Waals surface area contributed by atoms with E-state index in [0.717, 1.165) is 23.1 Å². The number of sulfonamides is 1. The van der Waals surface area contributed by atoms with Crippen molar-refractivity contribution in [1.82, 2.24) is 0 Å². The minimum atomic E-state index is -3.81. The lowest BCUT2D eigenvalue weighted by Crippen LogP contribution is -2.16. The summed E-state index contributed by atoms with van der Waals surface area (Å²) in [6, 6.07) is 8.73. The molecule has 0 amide bonds. The molecule has 2 aromatic rings. The SMILES string of the molecule is CCc1cccc(C)c1NS(=O)(=O)c1cc(Cl)c(C)cc1OC. The Morgan fingerprint density at radius 3 is 2.48 bits per heavy atom. The zero-order valence-electron chi connectivity index (χ0n) is 13.6. The van der Waals surface area contributed by atoms with E-state index in [4.69, 9.17) is 16.3 Å². The van der Waals surface area contributed by atoms with Gasteiger partial charge in [-0.25, -0.2) is 8.42 Å². The fourth-order valence-electron chi connectivity index (χ4n) is 2.36. The first-order valence-corrected chi connectivity index (χ1v) is 9.11. The number of aryl methyl sites for hydroxylation is 3. The van der Waals surface area contributed by atoms with E-state index in [0.29, 0.717) is 10.7 Å². The first-order valence-electron chi connectivity index (χ1n) is 7.25. The maximum absolute atomic E-state index is 12.8. The summed E-state index contributed by atoms with van der Waals surface area (Å²) in [5.74, 6) is 0.269. The molecule has 0 saturated heterocycles. The first kappa shape index (κ1) is 17.6. The van der Waals surface area contributed by atoms with E-state index in [1.807, 2.05) is 32.0 Å². The Balaban J connectivity index is 2.55. The van der Waals surface area contributed by atoms with Crippen molar-refractivity contribution < 1.29 is 13.2 Å². The summed E-state index contributed by atoms with van der Waals surface area (Å²) in [5.41, 5.74) is 3.16. The average molecular weight is 354 g/mol. The Morgan fingerprint density at radius 2 is 1.87 bits per heavy atom. The second-order valence-electron chi connectivity index (χ2n) is 5.32. The lowest BCUT2D eigenvalue weighted by atomic mass is 10.1. The average Bonchev–Trinajstić information content (AvgIpc) is 2.51. The summed E-state index contributed by atoms with van der Waals surface area (Å²) < 4.78 is 33.5. The Hall–Kier alpha value is -1.72. The molecule has 0 saturated carbocycles. The quantitative estimate of drug-likeness (QED) is 0.870. The van der Waals surface area contributed by atoms with Crippen molar-refractivity contribution in [3.63, 3.8) is 0 Å². The number of anilines is 1. The molecular formula is C17H20ClNO3S. The maximum Gasteiger partial charge on any atom is 0.265 e. The van der Waals surface area contributed by atoms with Crippen molar-refractivity contribution in [2.24, 2.45) is 0 Å². The third-order valence-corrected chi connectivity index (χ3v) is 5.49. The highest BCUT2D eigenvalue weighted by Crippen LogP contribution is 2.32. The van der Waals surface area contributed by atoms with Crippen molar-refractivity contribution in [1.29, 1.82) is 0 Å². The number of hydrogen-bond acceptors (Lipinski definition) is 3. The molecule has 1 N–H and O–H groups in total. The molecule has 2 aromatic carbocycles. The topological polar surface area (TPSA) is 55.4 Å². The van der Waals surface area contributed by atoms with Crippen LogP contribution in [0.1, 0.15) is 23.6 Å². The zero-order chi connectivity index (χ0) is 17.2. The van der Waals surface area contributed by atoms with Crippen LogP contribution < -0.4 is 9.46 Å². The molecular weight excluding hydrogens is 334 g/mol. The standard InChI is InChI=1S/C17H20ClNO3S/c1-5-13-8-6-7-11(2)17(13)19-23(20,21)16-10-14(18)12(3)9-15(16)22-4/h6-10,19H,5H2,1-4H3. The van der Waals surface area contributed by atoms with Crippen molar-refractivity contribution in [2.45, 2.75) is 32.1 Å². The van der Waals surface area contributed by atoms with E-state index in [1.54, 1.807) is 13.0 Å². The number of ether oxygens (including phenoxy) is 1. The summed E-state index contributed by atoms with van der Waals surface area (Å²) >= 11 is 6.09. The second kappa shape index (κ2) is 6.81. The molecule has 0 aromatic heterocycles. The van der Waals surface area contributed by atoms with Gasteiger partial charge in [0.25, 0.3) is 10.0 Å². The van der Waals surface area contributed by atoms with Crippen molar-refractivity contribution in [3.05, 3.63) is 52.0 Å². The van der Waals surface area contributed by atoms with Gasteiger partial charge in [-0.05, 0) is 49.1 Å². The van der Waals surface area contributed by atoms with Crippen LogP contribution in [0.15, 0.2) is 35.2 Å². The van der Waals surface area contributed by atoms with Crippen LogP contribution in [0.25, 0.3) is 0 Å². The van der Waals surface area contributed by atoms with Crippen LogP contribution in [-0.4, -0.2) is 15.5 Å². The van der Waals surface area contributed by atoms with E-state index in [-0.39, 0.29) is 10.6 Å². The number of benzene rings is 2. The molecule has 0 radical (unpaired) electrons. The normalized spacial score (nSPS) is 11.3. The molecule has 0 aliphatic rings. The minimum absolute atomic E-state index is 0.0286.